The van der Waals surface area contributed by atoms with Crippen LogP contribution in [0, 0.1) is 28.6 Å². The molecule has 17 nitrogen and oxygen atoms in total. The monoisotopic (exact) mass is 795 g/mol. The first-order chi connectivity index (χ1) is 24.5. The highest BCUT2D eigenvalue weighted by molar-refractivity contribution is 6.36. The van der Waals surface area contributed by atoms with Crippen LogP contribution < -0.4 is 37.6 Å². The number of halogens is 3. The van der Waals surface area contributed by atoms with Crippen LogP contribution in [-0.2, 0) is 14.3 Å². The minimum Gasteiger partial charge on any atom is -0.457 e. The molecule has 1 aliphatic rings. The summed E-state index contributed by atoms with van der Waals surface area (Å²) in [6, 6.07) is 6.06. The minimum atomic E-state index is -0.802. The molecule has 1 unspecified atom stereocenters. The molecule has 1 amide bonds. The molecule has 4 atom stereocenters. The number of alkyl carbamates (subject to hydrolysis) is 1. The molecule has 1 aliphatic heterocycles. The normalized spacial score (nSPS) is 16.3. The van der Waals surface area contributed by atoms with Gasteiger partial charge in [0.1, 0.15) is 18.2 Å². The van der Waals surface area contributed by atoms with Gasteiger partial charge in [-0.2, -0.15) is 20.0 Å². The molecule has 0 saturated carbocycles. The van der Waals surface area contributed by atoms with Crippen LogP contribution in [0.1, 0.15) is 57.7 Å². The number of aromatic nitrogens is 4. The number of methoxy groups -OCH3 is 1. The Labute approximate surface area is 326 Å². The molecule has 1 saturated heterocycles. The fourth-order valence-electron chi connectivity index (χ4n) is 5.79. The quantitative estimate of drug-likeness (QED) is 0.0898. The van der Waals surface area contributed by atoms with Crippen molar-refractivity contribution in [2.24, 2.45) is 17.4 Å². The van der Waals surface area contributed by atoms with Crippen LogP contribution in [0.2, 0.25) is 5.02 Å². The van der Waals surface area contributed by atoms with E-state index in [4.69, 9.17) is 32.5 Å². The number of anilines is 4. The predicted molar refractivity (Wildman–Crippen MR) is 207 cm³/mol. The van der Waals surface area contributed by atoms with Gasteiger partial charge in [0.2, 0.25) is 5.95 Å². The SMILES string of the molecule is CCNc1nc(Nc2cc(C#N)cc(N3CC[C@@H](NC(=O)OC)[C@H](OC(=O)C(NC[C@H](N)CCCCN)C(C)C)C3)c2Cl)nn2c(C#N)cnc12.Cl.Cl. The largest absolute Gasteiger partial charge is 0.457 e. The van der Waals surface area contributed by atoms with Crippen molar-refractivity contribution in [3.63, 3.8) is 0 Å². The van der Waals surface area contributed by atoms with E-state index >= 15 is 0 Å². The van der Waals surface area contributed by atoms with E-state index in [1.54, 1.807) is 12.1 Å². The Kier molecular flexibility index (Phi) is 18.1. The summed E-state index contributed by atoms with van der Waals surface area (Å²) >= 11 is 7.00. The number of nitriles is 2. The standard InChI is InChI=1S/C33H46ClN13O4.2ClH/c1-5-39-29-30-41-17-22(15-37)47(30)45-32(44-29)42-24-12-20(14-36)13-25(27(24)34)46-11-9-23(43-33(49)50-4)26(18-46)51-31(48)28(19(2)3)40-16-21(38)8-6-7-10-35;;/h12-13,17,19,21,23,26,28,40H,5-11,16,18,35,38H2,1-4H3,(H,43,49)(H2,39,42,44,45);2*1H/t21-,23-,26-,28?;;/m1../s1. The van der Waals surface area contributed by atoms with Crippen molar-refractivity contribution in [2.75, 3.05) is 55.4 Å². The number of unbranched alkanes of at least 4 members (excludes halogenated alkanes) is 1. The number of hydrogen-bond acceptors (Lipinski definition) is 15. The van der Waals surface area contributed by atoms with E-state index in [0.29, 0.717) is 61.0 Å². The number of carbonyl (C=O) groups is 2. The van der Waals surface area contributed by atoms with E-state index in [0.717, 1.165) is 19.3 Å². The van der Waals surface area contributed by atoms with E-state index < -0.39 is 30.3 Å². The maximum Gasteiger partial charge on any atom is 0.407 e. The summed E-state index contributed by atoms with van der Waals surface area (Å²) in [5.74, 6) is -0.0917. The molecule has 0 bridgehead atoms. The minimum absolute atomic E-state index is 0. The highest BCUT2D eigenvalue weighted by atomic mass is 35.5. The second-order valence-electron chi connectivity index (χ2n) is 12.5. The van der Waals surface area contributed by atoms with E-state index in [-0.39, 0.29) is 60.0 Å². The number of nitrogens with two attached hydrogens (primary N) is 2. The molecule has 0 spiro atoms. The second-order valence-corrected chi connectivity index (χ2v) is 12.9. The van der Waals surface area contributed by atoms with Crippen LogP contribution in [0.3, 0.4) is 0 Å². The van der Waals surface area contributed by atoms with Crippen molar-refractivity contribution in [1.82, 2.24) is 30.2 Å². The van der Waals surface area contributed by atoms with Crippen LogP contribution >= 0.6 is 36.4 Å². The van der Waals surface area contributed by atoms with E-state index in [1.807, 2.05) is 25.7 Å². The number of esters is 1. The number of hydrogen-bond donors (Lipinski definition) is 6. The predicted octanol–water partition coefficient (Wildman–Crippen LogP) is 3.46. The Morgan fingerprint density at radius 2 is 1.94 bits per heavy atom. The topological polar surface area (TPSA) is 247 Å². The van der Waals surface area contributed by atoms with Crippen molar-refractivity contribution < 1.29 is 19.1 Å². The van der Waals surface area contributed by atoms with Gasteiger partial charge >= 0.3 is 12.1 Å². The lowest BCUT2D eigenvalue weighted by atomic mass is 9.99. The second kappa shape index (κ2) is 21.4. The zero-order valence-corrected chi connectivity index (χ0v) is 32.5. The summed E-state index contributed by atoms with van der Waals surface area (Å²) in [7, 11) is 1.26. The number of piperidine rings is 1. The molecule has 290 valence electrons. The Hall–Kier alpha value is -4.36. The third-order valence-electron chi connectivity index (χ3n) is 8.46. The van der Waals surface area contributed by atoms with Crippen LogP contribution in [-0.4, -0.2) is 95.7 Å². The molecule has 20 heteroatoms. The van der Waals surface area contributed by atoms with Crippen LogP contribution in [0.4, 0.5) is 27.9 Å². The van der Waals surface area contributed by atoms with Crippen molar-refractivity contribution in [3.8, 4) is 12.1 Å². The van der Waals surface area contributed by atoms with Crippen molar-refractivity contribution in [1.29, 1.82) is 10.5 Å². The van der Waals surface area contributed by atoms with Gasteiger partial charge in [0.15, 0.2) is 17.2 Å². The van der Waals surface area contributed by atoms with Crippen molar-refractivity contribution in [3.05, 3.63) is 34.6 Å². The summed E-state index contributed by atoms with van der Waals surface area (Å²) in [6.07, 6.45) is 2.87. The summed E-state index contributed by atoms with van der Waals surface area (Å²) in [5.41, 5.74) is 13.6. The van der Waals surface area contributed by atoms with Crippen LogP contribution in [0.5, 0.6) is 0 Å². The molecule has 0 aliphatic carbocycles. The molecule has 1 fully saturated rings. The van der Waals surface area contributed by atoms with E-state index in [1.165, 1.54) is 17.8 Å². The number of fused-ring (bicyclic) bond motifs is 1. The average Bonchev–Trinajstić information content (AvgIpc) is 3.53. The highest BCUT2D eigenvalue weighted by Gasteiger charge is 2.37. The van der Waals surface area contributed by atoms with Crippen LogP contribution in [0.15, 0.2) is 18.3 Å². The van der Waals surface area contributed by atoms with E-state index in [9.17, 15) is 20.1 Å². The summed E-state index contributed by atoms with van der Waals surface area (Å²) in [6.45, 7) is 7.82. The van der Waals surface area contributed by atoms with Gasteiger partial charge in [-0.05, 0) is 50.8 Å². The maximum absolute atomic E-state index is 13.7. The highest BCUT2D eigenvalue weighted by Crippen LogP contribution is 2.37. The first kappa shape index (κ1) is 44.8. The zero-order chi connectivity index (χ0) is 37.1. The number of nitrogens with one attached hydrogen (secondary N) is 4. The smallest absolute Gasteiger partial charge is 0.407 e. The number of ether oxygens (including phenoxy) is 2. The van der Waals surface area contributed by atoms with Crippen molar-refractivity contribution in [2.45, 2.75) is 70.7 Å². The number of nitrogens with zero attached hydrogens (tertiary/aromatic N) is 7. The summed E-state index contributed by atoms with van der Waals surface area (Å²) in [5, 5.41) is 36.5. The van der Waals surface area contributed by atoms with E-state index in [2.05, 4.69) is 48.5 Å². The third-order valence-corrected chi connectivity index (χ3v) is 8.85. The Balaban J connectivity index is 0.00000486. The molecule has 2 aromatic heterocycles. The lowest BCUT2D eigenvalue weighted by Gasteiger charge is -2.40. The molecular weight excluding hydrogens is 749 g/mol. The Bertz CT molecular complexity index is 1760. The number of rotatable bonds is 16. The lowest BCUT2D eigenvalue weighted by Crippen LogP contribution is -2.57. The lowest BCUT2D eigenvalue weighted by molar-refractivity contribution is -0.154. The van der Waals surface area contributed by atoms with Gasteiger partial charge in [-0.25, -0.2) is 9.78 Å². The molecule has 0 radical (unpaired) electrons. The molecule has 53 heavy (non-hydrogen) atoms. The van der Waals surface area contributed by atoms with Gasteiger partial charge in [0.25, 0.3) is 0 Å². The number of amides is 1. The molecule has 4 rings (SSSR count). The van der Waals surface area contributed by atoms with Gasteiger partial charge in [-0.3, -0.25) is 4.79 Å². The Morgan fingerprint density at radius 3 is 2.58 bits per heavy atom. The summed E-state index contributed by atoms with van der Waals surface area (Å²) in [4.78, 5) is 36.6. The molecule has 3 aromatic rings. The molecular formula is C33H48Cl3N13O4. The fourth-order valence-corrected chi connectivity index (χ4v) is 6.06. The molecule has 1 aromatic carbocycles. The van der Waals surface area contributed by atoms with Crippen molar-refractivity contribution >= 4 is 77.3 Å². The fraction of sp³-hybridized carbons (Fsp3) is 0.545. The van der Waals surface area contributed by atoms with Gasteiger partial charge in [0.05, 0.1) is 53.9 Å². The van der Waals surface area contributed by atoms with Gasteiger partial charge < -0.3 is 47.1 Å². The molecule has 8 N–H and O–H groups in total. The number of carbonyl (C=O) groups excluding carboxylic acids is 2. The summed E-state index contributed by atoms with van der Waals surface area (Å²) < 4.78 is 12.3. The van der Waals surface area contributed by atoms with Crippen LogP contribution in [0.25, 0.3) is 5.65 Å². The van der Waals surface area contributed by atoms with Gasteiger partial charge in [-0.15, -0.1) is 29.9 Å². The first-order valence-electron chi connectivity index (χ1n) is 16.9. The number of benzene rings is 1. The third kappa shape index (κ3) is 11.6. The maximum atomic E-state index is 13.7. The van der Waals surface area contributed by atoms with Gasteiger partial charge in [-0.1, -0.05) is 31.9 Å². The average molecular weight is 797 g/mol. The zero-order valence-electron chi connectivity index (χ0n) is 30.1. The first-order valence-corrected chi connectivity index (χ1v) is 17.3. The number of imidazole rings is 1. The van der Waals surface area contributed by atoms with Gasteiger partial charge in [0, 0.05) is 25.7 Å². The molecule has 3 heterocycles. The Morgan fingerprint density at radius 1 is 1.19 bits per heavy atom.